The number of amides is 1. The van der Waals surface area contributed by atoms with Crippen molar-refractivity contribution in [3.63, 3.8) is 0 Å². The van der Waals surface area contributed by atoms with E-state index in [1.54, 1.807) is 6.92 Å². The summed E-state index contributed by atoms with van der Waals surface area (Å²) in [5, 5.41) is 12.5. The summed E-state index contributed by atoms with van der Waals surface area (Å²) in [6, 6.07) is -0.980. The van der Waals surface area contributed by atoms with Crippen molar-refractivity contribution in [2.45, 2.75) is 58.3 Å². The van der Waals surface area contributed by atoms with Gasteiger partial charge in [-0.1, -0.05) is 0 Å². The summed E-state index contributed by atoms with van der Waals surface area (Å²) in [5.41, 5.74) is 0. The van der Waals surface area contributed by atoms with E-state index in [1.165, 1.54) is 20.8 Å². The van der Waals surface area contributed by atoms with Gasteiger partial charge in [-0.15, -0.1) is 0 Å². The van der Waals surface area contributed by atoms with Crippen LogP contribution in [0.2, 0.25) is 0 Å². The van der Waals surface area contributed by atoms with Crippen LogP contribution in [-0.4, -0.2) is 53.6 Å². The highest BCUT2D eigenvalue weighted by Crippen LogP contribution is 2.24. The molecule has 0 aromatic carbocycles. The molecule has 1 aliphatic heterocycles. The number of aliphatic hydroxyl groups excluding tert-OH is 1. The first kappa shape index (κ1) is 16.4. The number of rotatable bonds is 3. The predicted molar refractivity (Wildman–Crippen MR) is 65.3 cm³/mol. The monoisotopic (exact) mass is 289 g/mol. The second kappa shape index (κ2) is 6.67. The summed E-state index contributed by atoms with van der Waals surface area (Å²) >= 11 is 0. The molecule has 0 saturated carbocycles. The third-order valence-corrected chi connectivity index (χ3v) is 2.77. The van der Waals surface area contributed by atoms with Crippen LogP contribution < -0.4 is 5.32 Å². The average Bonchev–Trinajstić information content (AvgIpc) is 2.28. The maximum atomic E-state index is 11.2. The SMILES string of the molecule is CC(=O)N[C@@H]1C(OC(C)=O)O[C@@H](C)[C@@H](O)[C@H]1OC(C)=O. The van der Waals surface area contributed by atoms with Gasteiger partial charge < -0.3 is 24.6 Å². The lowest BCUT2D eigenvalue weighted by Gasteiger charge is -2.42. The zero-order valence-electron chi connectivity index (χ0n) is 11.8. The fourth-order valence-corrected chi connectivity index (χ4v) is 2.00. The molecule has 2 N–H and O–H groups in total. The van der Waals surface area contributed by atoms with Crippen molar-refractivity contribution in [2.75, 3.05) is 0 Å². The van der Waals surface area contributed by atoms with Gasteiger partial charge in [0.1, 0.15) is 12.1 Å². The first-order valence-corrected chi connectivity index (χ1v) is 6.17. The van der Waals surface area contributed by atoms with Gasteiger partial charge in [0, 0.05) is 20.8 Å². The topological polar surface area (TPSA) is 111 Å². The Morgan fingerprint density at radius 1 is 1.10 bits per heavy atom. The van der Waals surface area contributed by atoms with Crippen LogP contribution in [0.5, 0.6) is 0 Å². The summed E-state index contributed by atoms with van der Waals surface area (Å²) in [7, 11) is 0. The molecule has 1 amide bonds. The summed E-state index contributed by atoms with van der Waals surface area (Å²) in [6.45, 7) is 5.16. The minimum atomic E-state index is -1.15. The predicted octanol–water partition coefficient (Wildman–Crippen LogP) is -0.908. The molecule has 0 bridgehead atoms. The molecule has 1 saturated heterocycles. The van der Waals surface area contributed by atoms with Gasteiger partial charge in [-0.05, 0) is 6.92 Å². The molecular formula is C12H19NO7. The van der Waals surface area contributed by atoms with Crippen LogP contribution in [0.25, 0.3) is 0 Å². The lowest BCUT2D eigenvalue weighted by atomic mass is 9.97. The average molecular weight is 289 g/mol. The normalized spacial score (nSPS) is 33.1. The Kier molecular flexibility index (Phi) is 5.46. The van der Waals surface area contributed by atoms with Gasteiger partial charge in [-0.3, -0.25) is 14.4 Å². The largest absolute Gasteiger partial charge is 0.457 e. The first-order valence-electron chi connectivity index (χ1n) is 6.17. The molecule has 20 heavy (non-hydrogen) atoms. The van der Waals surface area contributed by atoms with Gasteiger partial charge in [0.25, 0.3) is 0 Å². The lowest BCUT2D eigenvalue weighted by molar-refractivity contribution is -0.257. The number of carbonyl (C=O) groups excluding carboxylic acids is 3. The third-order valence-electron chi connectivity index (χ3n) is 2.77. The smallest absolute Gasteiger partial charge is 0.305 e. The molecule has 114 valence electrons. The molecule has 1 rings (SSSR count). The summed E-state index contributed by atoms with van der Waals surface area (Å²) in [5.74, 6) is -1.68. The molecule has 0 radical (unpaired) electrons. The molecule has 1 heterocycles. The molecule has 0 spiro atoms. The van der Waals surface area contributed by atoms with Crippen molar-refractivity contribution >= 4 is 17.8 Å². The molecular weight excluding hydrogens is 270 g/mol. The maximum Gasteiger partial charge on any atom is 0.305 e. The first-order chi connectivity index (χ1) is 9.22. The molecule has 1 unspecified atom stereocenters. The fourth-order valence-electron chi connectivity index (χ4n) is 2.00. The Morgan fingerprint density at radius 2 is 1.65 bits per heavy atom. The number of esters is 2. The van der Waals surface area contributed by atoms with E-state index >= 15 is 0 Å². The molecule has 0 aliphatic carbocycles. The fraction of sp³-hybridized carbons (Fsp3) is 0.750. The van der Waals surface area contributed by atoms with E-state index in [0.717, 1.165) is 0 Å². The van der Waals surface area contributed by atoms with Gasteiger partial charge in [-0.25, -0.2) is 0 Å². The van der Waals surface area contributed by atoms with Crippen LogP contribution in [0.15, 0.2) is 0 Å². The highest BCUT2D eigenvalue weighted by Gasteiger charge is 2.47. The minimum absolute atomic E-state index is 0.436. The number of aliphatic hydroxyl groups is 1. The van der Waals surface area contributed by atoms with Crippen LogP contribution >= 0.6 is 0 Å². The van der Waals surface area contributed by atoms with Gasteiger partial charge in [0.05, 0.1) is 6.10 Å². The van der Waals surface area contributed by atoms with Crippen LogP contribution in [0.3, 0.4) is 0 Å². The third kappa shape index (κ3) is 4.17. The van der Waals surface area contributed by atoms with Crippen molar-refractivity contribution in [1.29, 1.82) is 0 Å². The van der Waals surface area contributed by atoms with E-state index in [-0.39, 0.29) is 0 Å². The van der Waals surface area contributed by atoms with Crippen LogP contribution in [0.1, 0.15) is 27.7 Å². The number of hydrogen-bond donors (Lipinski definition) is 2. The van der Waals surface area contributed by atoms with Gasteiger partial charge in [0.2, 0.25) is 12.2 Å². The van der Waals surface area contributed by atoms with Crippen LogP contribution in [0.4, 0.5) is 0 Å². The maximum absolute atomic E-state index is 11.2. The quantitative estimate of drug-likeness (QED) is 0.647. The highest BCUT2D eigenvalue weighted by molar-refractivity contribution is 5.73. The number of hydrogen-bond acceptors (Lipinski definition) is 7. The van der Waals surface area contributed by atoms with Gasteiger partial charge >= 0.3 is 11.9 Å². The Bertz CT molecular complexity index is 397. The van der Waals surface area contributed by atoms with Crippen molar-refractivity contribution in [2.24, 2.45) is 0 Å². The standard InChI is InChI=1S/C12H19NO7/c1-5-10(17)11(19-7(3)15)9(13-6(2)14)12(18-5)20-8(4)16/h5,9-12,17H,1-4H3,(H,13,14)/t5-,9-,10+,11-,12?/m0/s1. The minimum Gasteiger partial charge on any atom is -0.457 e. The Hall–Kier alpha value is -1.67. The van der Waals surface area contributed by atoms with Gasteiger partial charge in [0.15, 0.2) is 6.10 Å². The molecule has 8 heteroatoms. The summed E-state index contributed by atoms with van der Waals surface area (Å²) < 4.78 is 15.3. The molecule has 1 fully saturated rings. The summed E-state index contributed by atoms with van der Waals surface area (Å²) in [4.78, 5) is 33.4. The van der Waals surface area contributed by atoms with Crippen molar-refractivity contribution in [3.05, 3.63) is 0 Å². The molecule has 8 nitrogen and oxygen atoms in total. The van der Waals surface area contributed by atoms with E-state index in [0.29, 0.717) is 0 Å². The molecule has 0 aromatic rings. The zero-order chi connectivity index (χ0) is 15.4. The van der Waals surface area contributed by atoms with E-state index < -0.39 is 48.5 Å². The molecule has 1 aliphatic rings. The van der Waals surface area contributed by atoms with Crippen LogP contribution in [-0.2, 0) is 28.6 Å². The van der Waals surface area contributed by atoms with Crippen molar-refractivity contribution < 1.29 is 33.7 Å². The van der Waals surface area contributed by atoms with E-state index in [4.69, 9.17) is 14.2 Å². The summed E-state index contributed by atoms with van der Waals surface area (Å²) in [6.07, 6.45) is -4.08. The Balaban J connectivity index is 3.00. The van der Waals surface area contributed by atoms with Crippen molar-refractivity contribution in [3.8, 4) is 0 Å². The molecule has 0 aromatic heterocycles. The number of ether oxygens (including phenoxy) is 3. The number of carbonyl (C=O) groups is 3. The number of nitrogens with one attached hydrogen (secondary N) is 1. The van der Waals surface area contributed by atoms with Crippen LogP contribution in [0, 0.1) is 0 Å². The van der Waals surface area contributed by atoms with Crippen molar-refractivity contribution in [1.82, 2.24) is 5.32 Å². The zero-order valence-corrected chi connectivity index (χ0v) is 11.8. The highest BCUT2D eigenvalue weighted by atomic mass is 16.7. The lowest BCUT2D eigenvalue weighted by Crippen LogP contribution is -2.64. The van der Waals surface area contributed by atoms with Gasteiger partial charge in [-0.2, -0.15) is 0 Å². The van der Waals surface area contributed by atoms with E-state index in [9.17, 15) is 19.5 Å². The second-order valence-corrected chi connectivity index (χ2v) is 4.61. The Morgan fingerprint density at radius 3 is 2.10 bits per heavy atom. The van der Waals surface area contributed by atoms with E-state index in [1.807, 2.05) is 0 Å². The Labute approximate surface area is 116 Å². The second-order valence-electron chi connectivity index (χ2n) is 4.61. The van der Waals surface area contributed by atoms with E-state index in [2.05, 4.69) is 5.32 Å². The molecule has 5 atom stereocenters.